The number of rotatable bonds is 4. The number of halogens is 2. The SMILES string of the molecule is C[C](=[Zr+2])OCO[Si](C)(C)C.[Cl-].[Cl-].c1cc[cH-]c1.c1ccc2[cH-]ccc2c1. The molecule has 0 aliphatic heterocycles. The van der Waals surface area contributed by atoms with Gasteiger partial charge in [-0.3, -0.25) is 0 Å². The Morgan fingerprint density at radius 3 is 2.04 bits per heavy atom. The van der Waals surface area contributed by atoms with Gasteiger partial charge < -0.3 is 24.8 Å². The molecule has 0 unspecified atom stereocenters. The largest absolute Gasteiger partial charge is 1.00 e. The van der Waals surface area contributed by atoms with Gasteiger partial charge in [0.25, 0.3) is 0 Å². The first-order valence-electron chi connectivity index (χ1n) is 7.97. The zero-order chi connectivity index (χ0) is 17.8. The Balaban J connectivity index is 0. The van der Waals surface area contributed by atoms with Gasteiger partial charge in [-0.1, -0.05) is 6.07 Å². The molecule has 0 aromatic heterocycles. The van der Waals surface area contributed by atoms with E-state index in [0.717, 1.165) is 3.39 Å². The number of benzene rings is 1. The Hall–Kier alpha value is -0.350. The van der Waals surface area contributed by atoms with Gasteiger partial charge in [0.2, 0.25) is 0 Å². The number of ether oxygens (including phenoxy) is 1. The second-order valence-corrected chi connectivity index (χ2v) is 12.4. The zero-order valence-corrected chi connectivity index (χ0v) is 20.7. The number of fused-ring (bicyclic) bond motifs is 1. The second-order valence-electron chi connectivity index (χ2n) is 6.19. The Morgan fingerprint density at radius 1 is 0.962 bits per heavy atom. The fourth-order valence-electron chi connectivity index (χ4n) is 1.69. The molecule has 3 aromatic carbocycles. The van der Waals surface area contributed by atoms with E-state index in [1.165, 1.54) is 35.0 Å². The summed E-state index contributed by atoms with van der Waals surface area (Å²) >= 11 is 1.33. The molecule has 0 N–H and O–H groups in total. The van der Waals surface area contributed by atoms with Gasteiger partial charge in [0.15, 0.2) is 0 Å². The third kappa shape index (κ3) is 14.8. The Bertz CT molecular complexity index is 644. The molecule has 0 aliphatic rings. The van der Waals surface area contributed by atoms with Crippen LogP contribution in [0.25, 0.3) is 10.8 Å². The van der Waals surface area contributed by atoms with Crippen LogP contribution in [0.4, 0.5) is 0 Å². The standard InChI is InChI=1S/C9H7.C6H14O2Si.C5H5.2ClH.Zr/c1-2-5-9-7-3-6-8(9)4-1;1-5-7-6-8-9(2,3)4;1-2-4-5-3-1;;;/h1-7H;6H2,1-4H3;1-5H;2*1H;/q-1;;-1;;;+2/p-2. The van der Waals surface area contributed by atoms with Crippen LogP contribution in [-0.4, -0.2) is 18.5 Å². The summed E-state index contributed by atoms with van der Waals surface area (Å²) < 4.78 is 11.7. The Labute approximate surface area is 185 Å². The maximum absolute atomic E-state index is 5.45. The van der Waals surface area contributed by atoms with E-state index in [0.29, 0.717) is 6.79 Å². The van der Waals surface area contributed by atoms with Crippen LogP contribution in [0.15, 0.2) is 72.8 Å². The molecular weight excluding hydrogens is 462 g/mol. The number of hydrogen-bond donors (Lipinski definition) is 0. The van der Waals surface area contributed by atoms with Crippen molar-refractivity contribution in [2.24, 2.45) is 0 Å². The first-order chi connectivity index (χ1) is 11.4. The van der Waals surface area contributed by atoms with Crippen LogP contribution in [0.3, 0.4) is 0 Å². The molecule has 0 fully saturated rings. The summed E-state index contributed by atoms with van der Waals surface area (Å²) in [5.74, 6) is 0. The van der Waals surface area contributed by atoms with Crippen LogP contribution < -0.4 is 24.8 Å². The molecule has 0 atom stereocenters. The van der Waals surface area contributed by atoms with E-state index >= 15 is 0 Å². The van der Waals surface area contributed by atoms with Gasteiger partial charge in [-0.05, 0) is 0 Å². The minimum absolute atomic E-state index is 0. The van der Waals surface area contributed by atoms with E-state index in [-0.39, 0.29) is 24.8 Å². The third-order valence-corrected chi connectivity index (χ3v) is 4.21. The van der Waals surface area contributed by atoms with E-state index in [9.17, 15) is 0 Å². The van der Waals surface area contributed by atoms with E-state index in [4.69, 9.17) is 9.16 Å². The van der Waals surface area contributed by atoms with Crippen LogP contribution in [-0.2, 0) is 33.4 Å². The van der Waals surface area contributed by atoms with E-state index < -0.39 is 8.32 Å². The minimum Gasteiger partial charge on any atom is -1.00 e. The van der Waals surface area contributed by atoms with Crippen molar-refractivity contribution in [2.75, 3.05) is 6.79 Å². The van der Waals surface area contributed by atoms with Crippen LogP contribution in [0.2, 0.25) is 19.6 Å². The molecule has 0 spiro atoms. The molecular formula is C20H26Cl2O2SiZr-2. The first-order valence-corrected chi connectivity index (χ1v) is 12.6. The summed E-state index contributed by atoms with van der Waals surface area (Å²) in [7, 11) is -1.35. The Kier molecular flexibility index (Phi) is 16.8. The summed E-state index contributed by atoms with van der Waals surface area (Å²) in [6.07, 6.45) is 0. The van der Waals surface area contributed by atoms with E-state index in [1.807, 2.05) is 37.3 Å². The molecule has 0 amide bonds. The van der Waals surface area contributed by atoms with Crippen LogP contribution in [0.5, 0.6) is 0 Å². The predicted molar refractivity (Wildman–Crippen MR) is 103 cm³/mol. The van der Waals surface area contributed by atoms with E-state index in [1.54, 1.807) is 0 Å². The van der Waals surface area contributed by atoms with Gasteiger partial charge in [0.1, 0.15) is 0 Å². The molecule has 3 rings (SSSR count). The molecule has 0 saturated heterocycles. The first kappa shape index (κ1) is 27.9. The van der Waals surface area contributed by atoms with Crippen molar-refractivity contribution in [2.45, 2.75) is 26.6 Å². The minimum atomic E-state index is -1.35. The monoisotopic (exact) mass is 486 g/mol. The van der Waals surface area contributed by atoms with Crippen molar-refractivity contribution < 1.29 is 58.2 Å². The van der Waals surface area contributed by atoms with Crippen molar-refractivity contribution in [1.29, 1.82) is 0 Å². The summed E-state index contributed by atoms with van der Waals surface area (Å²) in [6, 6.07) is 24.7. The van der Waals surface area contributed by atoms with Crippen LogP contribution in [0.1, 0.15) is 6.92 Å². The molecule has 2 nitrogen and oxygen atoms in total. The quantitative estimate of drug-likeness (QED) is 0.280. The number of hydrogen-bond acceptors (Lipinski definition) is 2. The van der Waals surface area contributed by atoms with Gasteiger partial charge in [0.05, 0.1) is 0 Å². The smallest absolute Gasteiger partial charge is 0.0809 e. The van der Waals surface area contributed by atoms with Gasteiger partial charge in [0, 0.05) is 0 Å². The zero-order valence-electron chi connectivity index (χ0n) is 15.7. The summed E-state index contributed by atoms with van der Waals surface area (Å²) in [5, 5.41) is 2.66. The molecule has 6 heteroatoms. The maximum Gasteiger partial charge on any atom is -0.0809 e. The van der Waals surface area contributed by atoms with Gasteiger partial charge in [-0.15, -0.1) is 29.7 Å². The van der Waals surface area contributed by atoms with Crippen molar-refractivity contribution in [3.05, 3.63) is 72.8 Å². The summed E-state index contributed by atoms with van der Waals surface area (Å²) in [4.78, 5) is 0. The molecule has 0 heterocycles. The third-order valence-electron chi connectivity index (χ3n) is 2.87. The second kappa shape index (κ2) is 15.7. The van der Waals surface area contributed by atoms with Gasteiger partial charge in [-0.25, -0.2) is 12.1 Å². The molecule has 0 bridgehead atoms. The summed E-state index contributed by atoms with van der Waals surface area (Å²) in [6.45, 7) is 8.84. The normalized spacial score (nSPS) is 9.62. The fourth-order valence-corrected chi connectivity index (χ4v) is 2.24. The van der Waals surface area contributed by atoms with Gasteiger partial charge >= 0.3 is 78.5 Å². The van der Waals surface area contributed by atoms with Crippen molar-refractivity contribution >= 4 is 22.5 Å². The molecule has 0 radical (unpaired) electrons. The predicted octanol–water partition coefficient (Wildman–Crippen LogP) is -0.519. The molecule has 142 valence electrons. The molecule has 26 heavy (non-hydrogen) atoms. The average molecular weight is 489 g/mol. The summed E-state index contributed by atoms with van der Waals surface area (Å²) in [5.41, 5.74) is 0. The van der Waals surface area contributed by atoms with Crippen molar-refractivity contribution in [1.82, 2.24) is 0 Å². The van der Waals surface area contributed by atoms with Crippen LogP contribution in [0, 0.1) is 0 Å². The van der Waals surface area contributed by atoms with Crippen LogP contribution >= 0.6 is 0 Å². The van der Waals surface area contributed by atoms with Crippen molar-refractivity contribution in [3.63, 3.8) is 0 Å². The Morgan fingerprint density at radius 2 is 1.58 bits per heavy atom. The maximum atomic E-state index is 5.45. The fraction of sp³-hybridized carbons (Fsp3) is 0.250. The topological polar surface area (TPSA) is 18.5 Å². The average Bonchev–Trinajstić information content (AvgIpc) is 3.21. The van der Waals surface area contributed by atoms with Crippen molar-refractivity contribution in [3.8, 4) is 0 Å². The van der Waals surface area contributed by atoms with E-state index in [2.05, 4.69) is 62.1 Å². The molecule has 0 saturated carbocycles. The molecule has 0 aliphatic carbocycles. The van der Waals surface area contributed by atoms with Gasteiger partial charge in [-0.2, -0.15) is 35.7 Å². The molecule has 3 aromatic rings.